The van der Waals surface area contributed by atoms with E-state index in [0.717, 1.165) is 34.8 Å². The van der Waals surface area contributed by atoms with E-state index in [4.69, 9.17) is 0 Å². The number of hydrogen-bond donors (Lipinski definition) is 1. The van der Waals surface area contributed by atoms with Gasteiger partial charge in [0.05, 0.1) is 18.2 Å². The fraction of sp³-hybridized carbons (Fsp3) is 0.423. The minimum absolute atomic E-state index is 0.0148. The Morgan fingerprint density at radius 3 is 2.39 bits per heavy atom. The highest BCUT2D eigenvalue weighted by molar-refractivity contribution is 8.04. The molecule has 0 spiro atoms. The Labute approximate surface area is 233 Å². The quantitative estimate of drug-likeness (QED) is 0.489. The van der Waals surface area contributed by atoms with Crippen molar-refractivity contribution in [2.45, 2.75) is 51.2 Å². The van der Waals surface area contributed by atoms with Gasteiger partial charge in [0.2, 0.25) is 5.91 Å². The average Bonchev–Trinajstić information content (AvgIpc) is 3.48. The van der Waals surface area contributed by atoms with Crippen molar-refractivity contribution in [1.82, 2.24) is 19.5 Å². The highest BCUT2D eigenvalue weighted by Gasteiger charge is 2.55. The summed E-state index contributed by atoms with van der Waals surface area (Å²) in [4.78, 5) is 57.3. The van der Waals surface area contributed by atoms with Gasteiger partial charge < -0.3 is 15.0 Å². The SMILES string of the molecule is CC(C)CC(NC(=O)c1ccc(OC(F)(F)F)cc1)C(=O)N1CCC2C1C(=O)CN2S(=O)(=O)C(=O)c1cccnc1. The van der Waals surface area contributed by atoms with Crippen molar-refractivity contribution < 1.29 is 45.5 Å². The lowest BCUT2D eigenvalue weighted by atomic mass is 10.0. The Balaban J connectivity index is 1.50. The fourth-order valence-electron chi connectivity index (χ4n) is 5.02. The number of halogens is 3. The van der Waals surface area contributed by atoms with E-state index in [0.29, 0.717) is 0 Å². The number of aromatic nitrogens is 1. The zero-order valence-electron chi connectivity index (χ0n) is 22.0. The van der Waals surface area contributed by atoms with Crippen LogP contribution in [0.4, 0.5) is 13.2 Å². The predicted molar refractivity (Wildman–Crippen MR) is 137 cm³/mol. The Morgan fingerprint density at radius 1 is 1.12 bits per heavy atom. The standard InChI is InChI=1S/C26H27F3N4O7S/c1-15(2)12-19(31-23(35)16-5-7-18(8-6-16)40-26(27,28)29)24(36)32-11-9-20-22(32)21(34)14-33(20)41(38,39)25(37)17-4-3-10-30-13-17/h3-8,10,13,15,19-20,22H,9,11-12,14H2,1-2H3,(H,31,35). The second kappa shape index (κ2) is 11.6. The Kier molecular flexibility index (Phi) is 8.49. The topological polar surface area (TPSA) is 143 Å². The number of pyridine rings is 1. The number of carbonyl (C=O) groups is 4. The number of amides is 2. The molecule has 15 heteroatoms. The van der Waals surface area contributed by atoms with Crippen molar-refractivity contribution in [2.75, 3.05) is 13.1 Å². The molecule has 4 rings (SSSR count). The summed E-state index contributed by atoms with van der Waals surface area (Å²) in [5.74, 6) is -2.50. The van der Waals surface area contributed by atoms with E-state index in [2.05, 4.69) is 15.0 Å². The van der Waals surface area contributed by atoms with Gasteiger partial charge in [0, 0.05) is 24.5 Å². The van der Waals surface area contributed by atoms with E-state index < -0.39 is 69.5 Å². The maximum Gasteiger partial charge on any atom is 0.573 e. The average molecular weight is 597 g/mol. The molecule has 3 unspecified atom stereocenters. The predicted octanol–water partition coefficient (Wildman–Crippen LogP) is 2.15. The molecular weight excluding hydrogens is 569 g/mol. The van der Waals surface area contributed by atoms with Crippen molar-refractivity contribution in [3.05, 3.63) is 59.9 Å². The molecule has 2 amide bonds. The normalized spacial score (nSPS) is 20.1. The molecule has 2 aromatic rings. The first-order valence-electron chi connectivity index (χ1n) is 12.6. The largest absolute Gasteiger partial charge is 0.573 e. The Bertz CT molecular complexity index is 1430. The lowest BCUT2D eigenvalue weighted by Crippen LogP contribution is -2.53. The summed E-state index contributed by atoms with van der Waals surface area (Å²) in [5, 5.41) is 1.38. The van der Waals surface area contributed by atoms with Gasteiger partial charge in [-0.3, -0.25) is 24.2 Å². The molecular formula is C26H27F3N4O7S. The number of carbonyl (C=O) groups excluding carboxylic acids is 4. The van der Waals surface area contributed by atoms with Gasteiger partial charge in [0.15, 0.2) is 5.78 Å². The Hall–Kier alpha value is -3.85. The maximum atomic E-state index is 13.6. The van der Waals surface area contributed by atoms with E-state index in [-0.39, 0.29) is 36.4 Å². The molecule has 2 aliphatic heterocycles. The molecule has 41 heavy (non-hydrogen) atoms. The summed E-state index contributed by atoms with van der Waals surface area (Å²) in [6.45, 7) is 3.05. The van der Waals surface area contributed by atoms with E-state index in [1.165, 1.54) is 23.2 Å². The van der Waals surface area contributed by atoms with Crippen LogP contribution in [0.5, 0.6) is 5.75 Å². The summed E-state index contributed by atoms with van der Waals surface area (Å²) < 4.78 is 68.2. The first kappa shape index (κ1) is 30.1. The van der Waals surface area contributed by atoms with Crippen LogP contribution >= 0.6 is 0 Å². The van der Waals surface area contributed by atoms with Crippen molar-refractivity contribution in [3.8, 4) is 5.75 Å². The molecule has 2 saturated heterocycles. The van der Waals surface area contributed by atoms with Crippen molar-refractivity contribution in [1.29, 1.82) is 0 Å². The van der Waals surface area contributed by atoms with E-state index >= 15 is 0 Å². The second-order valence-electron chi connectivity index (χ2n) is 10.1. The Morgan fingerprint density at radius 2 is 1.80 bits per heavy atom. The van der Waals surface area contributed by atoms with Crippen molar-refractivity contribution in [3.63, 3.8) is 0 Å². The third-order valence-electron chi connectivity index (χ3n) is 6.76. The number of nitrogens with zero attached hydrogens (tertiary/aromatic N) is 3. The highest BCUT2D eigenvalue weighted by atomic mass is 32.2. The van der Waals surface area contributed by atoms with Gasteiger partial charge in [-0.05, 0) is 55.2 Å². The number of sulfonamides is 1. The van der Waals surface area contributed by atoms with Crippen molar-refractivity contribution >= 4 is 32.7 Å². The summed E-state index contributed by atoms with van der Waals surface area (Å²) in [5.41, 5.74) is -0.185. The molecule has 1 N–H and O–H groups in total. The molecule has 2 aliphatic rings. The number of likely N-dealkylation sites (tertiary alicyclic amines) is 1. The number of fused-ring (bicyclic) bond motifs is 1. The third-order valence-corrected chi connectivity index (χ3v) is 8.48. The number of benzene rings is 1. The fourth-order valence-corrected chi connectivity index (χ4v) is 6.53. The molecule has 2 fully saturated rings. The van der Waals surface area contributed by atoms with E-state index in [9.17, 15) is 40.8 Å². The molecule has 0 saturated carbocycles. The van der Waals surface area contributed by atoms with E-state index in [1.807, 2.05) is 13.8 Å². The number of hydrogen-bond acceptors (Lipinski definition) is 8. The van der Waals surface area contributed by atoms with Crippen LogP contribution in [0.25, 0.3) is 0 Å². The lowest BCUT2D eigenvalue weighted by molar-refractivity contribution is -0.274. The summed E-state index contributed by atoms with van der Waals surface area (Å²) in [6.07, 6.45) is -2.14. The molecule has 1 aromatic heterocycles. The monoisotopic (exact) mass is 596 g/mol. The minimum atomic E-state index is -4.90. The molecule has 1 aromatic carbocycles. The van der Waals surface area contributed by atoms with Gasteiger partial charge in [0.25, 0.3) is 21.0 Å². The van der Waals surface area contributed by atoms with Gasteiger partial charge in [0.1, 0.15) is 17.8 Å². The molecule has 3 heterocycles. The zero-order valence-corrected chi connectivity index (χ0v) is 22.8. The van der Waals surface area contributed by atoms with Gasteiger partial charge in [-0.15, -0.1) is 13.2 Å². The summed E-state index contributed by atoms with van der Waals surface area (Å²) >= 11 is 0. The molecule has 220 valence electrons. The number of rotatable bonds is 8. The van der Waals surface area contributed by atoms with Crippen LogP contribution in [-0.2, 0) is 19.6 Å². The maximum absolute atomic E-state index is 13.6. The lowest BCUT2D eigenvalue weighted by Gasteiger charge is -2.29. The first-order chi connectivity index (χ1) is 19.2. The van der Waals surface area contributed by atoms with Crippen LogP contribution in [0, 0.1) is 5.92 Å². The van der Waals surface area contributed by atoms with Crippen LogP contribution in [0.3, 0.4) is 0 Å². The third kappa shape index (κ3) is 6.56. The molecule has 3 atom stereocenters. The molecule has 0 bridgehead atoms. The number of ketones is 1. The number of Topliss-reactive ketones (excluding diaryl/α,β-unsaturated/α-hetero) is 1. The minimum Gasteiger partial charge on any atom is -0.406 e. The number of alkyl halides is 3. The number of ether oxygens (including phenoxy) is 1. The van der Waals surface area contributed by atoms with Gasteiger partial charge >= 0.3 is 6.36 Å². The summed E-state index contributed by atoms with van der Waals surface area (Å²) in [6, 6.07) is 3.66. The van der Waals surface area contributed by atoms with Gasteiger partial charge in [-0.1, -0.05) is 13.8 Å². The smallest absolute Gasteiger partial charge is 0.406 e. The second-order valence-corrected chi connectivity index (χ2v) is 11.9. The van der Waals surface area contributed by atoms with Crippen LogP contribution in [0.15, 0.2) is 48.8 Å². The molecule has 11 nitrogen and oxygen atoms in total. The highest BCUT2D eigenvalue weighted by Crippen LogP contribution is 2.33. The van der Waals surface area contributed by atoms with Crippen LogP contribution in [0.2, 0.25) is 0 Å². The van der Waals surface area contributed by atoms with Crippen LogP contribution < -0.4 is 10.1 Å². The van der Waals surface area contributed by atoms with Gasteiger partial charge in [-0.2, -0.15) is 4.31 Å². The van der Waals surface area contributed by atoms with Crippen LogP contribution in [-0.4, -0.2) is 82.9 Å². The zero-order chi connectivity index (χ0) is 30.1. The number of nitrogens with one attached hydrogen (secondary N) is 1. The summed E-state index contributed by atoms with van der Waals surface area (Å²) in [7, 11) is -4.59. The molecule has 0 aliphatic carbocycles. The van der Waals surface area contributed by atoms with E-state index in [1.54, 1.807) is 0 Å². The molecule has 0 radical (unpaired) electrons. The van der Waals surface area contributed by atoms with Crippen molar-refractivity contribution in [2.24, 2.45) is 5.92 Å². The van der Waals surface area contributed by atoms with Gasteiger partial charge in [-0.25, -0.2) is 8.42 Å². The van der Waals surface area contributed by atoms with Crippen LogP contribution in [0.1, 0.15) is 47.4 Å². The first-order valence-corrected chi connectivity index (χ1v) is 14.1.